The first-order chi connectivity index (χ1) is 8.60. The van der Waals surface area contributed by atoms with Crippen LogP contribution in [0.4, 0.5) is 4.39 Å². The second kappa shape index (κ2) is 6.02. The molecule has 0 amide bonds. The van der Waals surface area contributed by atoms with Crippen LogP contribution in [0.2, 0.25) is 4.34 Å². The summed E-state index contributed by atoms with van der Waals surface area (Å²) in [5, 5.41) is 0. The maximum atomic E-state index is 13.2. The van der Waals surface area contributed by atoms with Gasteiger partial charge in [-0.15, -0.1) is 11.3 Å². The van der Waals surface area contributed by atoms with Gasteiger partial charge in [-0.3, -0.25) is 0 Å². The van der Waals surface area contributed by atoms with E-state index in [9.17, 15) is 4.39 Å². The summed E-state index contributed by atoms with van der Waals surface area (Å²) in [6.07, 6.45) is -0.333. The van der Waals surface area contributed by atoms with Crippen molar-refractivity contribution in [1.29, 1.82) is 0 Å². The molecule has 96 valence electrons. The van der Waals surface area contributed by atoms with E-state index < -0.39 is 0 Å². The second-order valence-corrected chi connectivity index (χ2v) is 6.16. The predicted octanol–water partition coefficient (Wildman–Crippen LogP) is 4.38. The van der Waals surface area contributed by atoms with E-state index in [-0.39, 0.29) is 11.9 Å². The van der Waals surface area contributed by atoms with Crippen LogP contribution >= 0.6 is 38.9 Å². The number of nitrogens with two attached hydrogens (primary N) is 1. The normalized spacial score (nSPS) is 12.4. The Morgan fingerprint density at radius 2 is 2.17 bits per heavy atom. The van der Waals surface area contributed by atoms with E-state index in [2.05, 4.69) is 15.9 Å². The Hall–Kier alpha value is -0.620. The van der Waals surface area contributed by atoms with E-state index >= 15 is 0 Å². The van der Waals surface area contributed by atoms with Crippen LogP contribution in [0, 0.1) is 5.82 Å². The average Bonchev–Trinajstić information content (AvgIpc) is 2.77. The molecule has 2 aromatic rings. The highest BCUT2D eigenvalue weighted by Gasteiger charge is 2.15. The first-order valence-electron chi connectivity index (χ1n) is 5.17. The Balaban J connectivity index is 2.22. The third-order valence-electron chi connectivity index (χ3n) is 2.29. The molecule has 6 heteroatoms. The van der Waals surface area contributed by atoms with Crippen LogP contribution in [0.5, 0.6) is 5.75 Å². The van der Waals surface area contributed by atoms with Crippen molar-refractivity contribution < 1.29 is 9.13 Å². The van der Waals surface area contributed by atoms with E-state index in [1.807, 2.05) is 6.07 Å². The summed E-state index contributed by atoms with van der Waals surface area (Å²) in [5.74, 6) is 0.0724. The Labute approximate surface area is 122 Å². The number of benzene rings is 1. The van der Waals surface area contributed by atoms with Gasteiger partial charge in [0.1, 0.15) is 17.7 Å². The summed E-state index contributed by atoms with van der Waals surface area (Å²) >= 11 is 10.6. The van der Waals surface area contributed by atoms with E-state index in [0.29, 0.717) is 21.1 Å². The quantitative estimate of drug-likeness (QED) is 0.888. The van der Waals surface area contributed by atoms with Crippen molar-refractivity contribution in [3.8, 4) is 5.75 Å². The lowest BCUT2D eigenvalue weighted by Gasteiger charge is -2.17. The second-order valence-electron chi connectivity index (χ2n) is 3.56. The van der Waals surface area contributed by atoms with Crippen molar-refractivity contribution in [2.75, 3.05) is 6.54 Å². The summed E-state index contributed by atoms with van der Waals surface area (Å²) in [6.45, 7) is 0.291. The van der Waals surface area contributed by atoms with Gasteiger partial charge in [0.05, 0.1) is 8.81 Å². The third-order valence-corrected chi connectivity index (χ3v) is 4.27. The first kappa shape index (κ1) is 13.8. The minimum atomic E-state index is -0.354. The Kier molecular flexibility index (Phi) is 4.61. The fraction of sp³-hybridized carbons (Fsp3) is 0.167. The molecular formula is C12H10BrClFNOS. The van der Waals surface area contributed by atoms with E-state index in [1.165, 1.54) is 23.5 Å². The zero-order valence-electron chi connectivity index (χ0n) is 9.20. The van der Waals surface area contributed by atoms with Gasteiger partial charge in [-0.1, -0.05) is 11.6 Å². The largest absolute Gasteiger partial charge is 0.482 e. The highest BCUT2D eigenvalue weighted by molar-refractivity contribution is 9.10. The zero-order valence-corrected chi connectivity index (χ0v) is 12.4. The van der Waals surface area contributed by atoms with Crippen LogP contribution in [-0.4, -0.2) is 6.54 Å². The number of rotatable bonds is 4. The standard InChI is InChI=1S/C12H10BrClFNOS/c13-8-2-1-7(15)5-9(8)17-10(6-16)11-3-4-12(14)18-11/h1-5,10H,6,16H2. The summed E-state index contributed by atoms with van der Waals surface area (Å²) in [4.78, 5) is 0.915. The average molecular weight is 351 g/mol. The zero-order chi connectivity index (χ0) is 13.1. The number of thiophene rings is 1. The molecule has 1 unspecified atom stereocenters. The van der Waals surface area contributed by atoms with Gasteiger partial charge in [0, 0.05) is 17.5 Å². The lowest BCUT2D eigenvalue weighted by Crippen LogP contribution is -2.17. The van der Waals surface area contributed by atoms with Gasteiger partial charge in [-0.05, 0) is 40.2 Å². The van der Waals surface area contributed by atoms with E-state index in [1.54, 1.807) is 12.1 Å². The molecule has 1 aromatic carbocycles. The monoisotopic (exact) mass is 349 g/mol. The van der Waals surface area contributed by atoms with Crippen LogP contribution in [0.15, 0.2) is 34.8 Å². The molecule has 0 radical (unpaired) electrons. The molecule has 2 N–H and O–H groups in total. The first-order valence-corrected chi connectivity index (χ1v) is 7.16. The summed E-state index contributed by atoms with van der Waals surface area (Å²) in [7, 11) is 0. The molecule has 0 saturated carbocycles. The smallest absolute Gasteiger partial charge is 0.145 e. The highest BCUT2D eigenvalue weighted by Crippen LogP contribution is 2.33. The Bertz CT molecular complexity index is 549. The maximum absolute atomic E-state index is 13.2. The predicted molar refractivity (Wildman–Crippen MR) is 75.9 cm³/mol. The Morgan fingerprint density at radius 1 is 1.39 bits per heavy atom. The lowest BCUT2D eigenvalue weighted by atomic mass is 10.3. The summed E-state index contributed by atoms with van der Waals surface area (Å²) in [6, 6.07) is 7.92. The van der Waals surface area contributed by atoms with Crippen LogP contribution in [0.3, 0.4) is 0 Å². The molecule has 0 fully saturated rings. The van der Waals surface area contributed by atoms with Gasteiger partial charge in [0.15, 0.2) is 0 Å². The molecule has 1 heterocycles. The molecule has 18 heavy (non-hydrogen) atoms. The van der Waals surface area contributed by atoms with Crippen molar-refractivity contribution in [2.24, 2.45) is 5.73 Å². The van der Waals surface area contributed by atoms with E-state index in [4.69, 9.17) is 22.1 Å². The molecule has 2 nitrogen and oxygen atoms in total. The summed E-state index contributed by atoms with van der Waals surface area (Å²) in [5.41, 5.74) is 5.68. The van der Waals surface area contributed by atoms with Crippen molar-refractivity contribution in [3.63, 3.8) is 0 Å². The number of hydrogen-bond donors (Lipinski definition) is 1. The highest BCUT2D eigenvalue weighted by atomic mass is 79.9. The third kappa shape index (κ3) is 3.23. The molecule has 2 rings (SSSR count). The van der Waals surface area contributed by atoms with E-state index in [0.717, 1.165) is 4.88 Å². The minimum absolute atomic E-state index is 0.291. The van der Waals surface area contributed by atoms with Gasteiger partial charge in [-0.25, -0.2) is 4.39 Å². The fourth-order valence-corrected chi connectivity index (χ4v) is 2.89. The summed E-state index contributed by atoms with van der Waals surface area (Å²) < 4.78 is 20.2. The number of hydrogen-bond acceptors (Lipinski definition) is 3. The van der Waals surface area contributed by atoms with Crippen LogP contribution in [0.25, 0.3) is 0 Å². The van der Waals surface area contributed by atoms with Crippen molar-refractivity contribution >= 4 is 38.9 Å². The fourth-order valence-electron chi connectivity index (χ4n) is 1.44. The molecule has 0 aliphatic carbocycles. The SMILES string of the molecule is NCC(Oc1cc(F)ccc1Br)c1ccc(Cl)s1. The minimum Gasteiger partial charge on any atom is -0.482 e. The van der Waals surface area contributed by atoms with Crippen molar-refractivity contribution in [3.05, 3.63) is 49.8 Å². The molecule has 1 atom stereocenters. The molecule has 0 aliphatic heterocycles. The molecular weight excluding hydrogens is 341 g/mol. The lowest BCUT2D eigenvalue weighted by molar-refractivity contribution is 0.215. The van der Waals surface area contributed by atoms with Crippen LogP contribution in [-0.2, 0) is 0 Å². The number of ether oxygens (including phenoxy) is 1. The van der Waals surface area contributed by atoms with Gasteiger partial charge in [0.2, 0.25) is 0 Å². The van der Waals surface area contributed by atoms with Crippen molar-refractivity contribution in [1.82, 2.24) is 0 Å². The van der Waals surface area contributed by atoms with Gasteiger partial charge in [-0.2, -0.15) is 0 Å². The topological polar surface area (TPSA) is 35.2 Å². The van der Waals surface area contributed by atoms with Crippen LogP contribution < -0.4 is 10.5 Å². The van der Waals surface area contributed by atoms with Gasteiger partial charge in [0.25, 0.3) is 0 Å². The Morgan fingerprint density at radius 3 is 2.78 bits per heavy atom. The van der Waals surface area contributed by atoms with Gasteiger partial charge >= 0.3 is 0 Å². The van der Waals surface area contributed by atoms with Crippen molar-refractivity contribution in [2.45, 2.75) is 6.10 Å². The molecule has 0 saturated heterocycles. The molecule has 1 aromatic heterocycles. The molecule has 0 bridgehead atoms. The van der Waals surface area contributed by atoms with Gasteiger partial charge < -0.3 is 10.5 Å². The maximum Gasteiger partial charge on any atom is 0.145 e. The molecule has 0 spiro atoms. The van der Waals surface area contributed by atoms with Crippen LogP contribution in [0.1, 0.15) is 11.0 Å². The molecule has 0 aliphatic rings. The number of halogens is 3.